The maximum absolute atomic E-state index is 5.38. The maximum atomic E-state index is 5.38. The molecular weight excluding hydrogens is 156 g/mol. The van der Waals surface area contributed by atoms with Gasteiger partial charge in [-0.2, -0.15) is 0 Å². The van der Waals surface area contributed by atoms with Crippen LogP contribution in [0.3, 0.4) is 0 Å². The zero-order chi connectivity index (χ0) is 9.94. The van der Waals surface area contributed by atoms with Gasteiger partial charge in [-0.05, 0) is 18.8 Å². The number of unbranched alkanes of at least 4 members (excludes halogenated alkanes) is 3. The monoisotopic (exact) mass is 181 g/mol. The largest absolute Gasteiger partial charge is 0.0845 e. The zero-order valence-corrected chi connectivity index (χ0v) is 9.39. The van der Waals surface area contributed by atoms with E-state index in [4.69, 9.17) is 6.58 Å². The Morgan fingerprint density at radius 2 is 1.85 bits per heavy atom. The van der Waals surface area contributed by atoms with Crippen LogP contribution < -0.4 is 0 Å². The summed E-state index contributed by atoms with van der Waals surface area (Å²) >= 11 is 0. The first-order chi connectivity index (χ1) is 6.35. The second-order valence-electron chi connectivity index (χ2n) is 3.94. The molecule has 0 rings (SSSR count). The Bertz CT molecular complexity index is 105. The molecule has 0 saturated carbocycles. The molecule has 0 fully saturated rings. The van der Waals surface area contributed by atoms with Crippen molar-refractivity contribution in [3.8, 4) is 0 Å². The van der Waals surface area contributed by atoms with Crippen LogP contribution in [-0.4, -0.2) is 0 Å². The first kappa shape index (κ1) is 12.7. The van der Waals surface area contributed by atoms with Gasteiger partial charge >= 0.3 is 0 Å². The topological polar surface area (TPSA) is 0 Å². The molecule has 0 amide bonds. The highest BCUT2D eigenvalue weighted by Crippen LogP contribution is 2.19. The second kappa shape index (κ2) is 9.83. The Hall–Kier alpha value is -0.260. The maximum Gasteiger partial charge on any atom is -0.0345 e. The summed E-state index contributed by atoms with van der Waals surface area (Å²) in [6, 6.07) is 0. The third kappa shape index (κ3) is 8.08. The van der Waals surface area contributed by atoms with Gasteiger partial charge in [0.15, 0.2) is 0 Å². The van der Waals surface area contributed by atoms with Crippen molar-refractivity contribution in [3.05, 3.63) is 12.7 Å². The van der Waals surface area contributed by atoms with E-state index < -0.39 is 0 Å². The zero-order valence-electron chi connectivity index (χ0n) is 9.39. The lowest BCUT2D eigenvalue weighted by molar-refractivity contribution is 0.417. The Balaban J connectivity index is 3.30. The second-order valence-corrected chi connectivity index (χ2v) is 3.94. The number of hydrogen-bond donors (Lipinski definition) is 0. The van der Waals surface area contributed by atoms with Crippen LogP contribution in [0.5, 0.6) is 0 Å². The van der Waals surface area contributed by atoms with Crippen molar-refractivity contribution >= 4 is 0 Å². The molecule has 1 radical (unpaired) electrons. The van der Waals surface area contributed by atoms with Crippen molar-refractivity contribution in [3.63, 3.8) is 0 Å². The third-order valence-corrected chi connectivity index (χ3v) is 2.78. The van der Waals surface area contributed by atoms with E-state index in [0.29, 0.717) is 0 Å². The van der Waals surface area contributed by atoms with Crippen LogP contribution >= 0.6 is 0 Å². The van der Waals surface area contributed by atoms with Crippen LogP contribution in [-0.2, 0) is 0 Å². The van der Waals surface area contributed by atoms with E-state index in [-0.39, 0.29) is 0 Å². The highest BCUT2D eigenvalue weighted by Gasteiger charge is 2.03. The first-order valence-electron chi connectivity index (χ1n) is 5.88. The molecule has 0 aromatic carbocycles. The van der Waals surface area contributed by atoms with E-state index in [1.165, 1.54) is 44.9 Å². The standard InChI is InChI=1S/C13H25/c1-4-7-9-10-12-13(6-3)11-8-5-2/h2,5,13H,4,6-12H2,1,3H3. The van der Waals surface area contributed by atoms with Crippen LogP contribution in [0.2, 0.25) is 0 Å². The van der Waals surface area contributed by atoms with Gasteiger partial charge in [0.2, 0.25) is 0 Å². The van der Waals surface area contributed by atoms with E-state index in [0.717, 1.165) is 12.3 Å². The molecule has 0 aliphatic carbocycles. The minimum absolute atomic E-state index is 0.914. The lowest BCUT2D eigenvalue weighted by Crippen LogP contribution is -1.98. The molecule has 77 valence electrons. The van der Waals surface area contributed by atoms with Crippen molar-refractivity contribution in [2.45, 2.75) is 65.2 Å². The summed E-state index contributed by atoms with van der Waals surface area (Å²) in [7, 11) is 0. The Morgan fingerprint density at radius 3 is 2.38 bits per heavy atom. The molecule has 0 aromatic rings. The highest BCUT2D eigenvalue weighted by atomic mass is 14.1. The number of rotatable bonds is 9. The number of hydrogen-bond acceptors (Lipinski definition) is 0. The molecule has 0 nitrogen and oxygen atoms in total. The third-order valence-electron chi connectivity index (χ3n) is 2.78. The Kier molecular flexibility index (Phi) is 9.63. The van der Waals surface area contributed by atoms with Crippen LogP contribution in [0.15, 0.2) is 6.08 Å². The van der Waals surface area contributed by atoms with E-state index in [1.807, 2.05) is 0 Å². The van der Waals surface area contributed by atoms with Gasteiger partial charge in [-0.3, -0.25) is 0 Å². The minimum atomic E-state index is 0.914. The van der Waals surface area contributed by atoms with Crippen molar-refractivity contribution in [2.75, 3.05) is 0 Å². The molecule has 13 heavy (non-hydrogen) atoms. The molecule has 0 spiro atoms. The summed E-state index contributed by atoms with van der Waals surface area (Å²) in [5, 5.41) is 0. The Labute approximate surface area is 84.4 Å². The molecule has 0 aromatic heterocycles. The molecule has 0 N–H and O–H groups in total. The van der Waals surface area contributed by atoms with Gasteiger partial charge in [0.05, 0.1) is 0 Å². The van der Waals surface area contributed by atoms with E-state index in [9.17, 15) is 0 Å². The van der Waals surface area contributed by atoms with Gasteiger partial charge in [0.1, 0.15) is 0 Å². The van der Waals surface area contributed by atoms with Gasteiger partial charge in [-0.1, -0.05) is 65.0 Å². The average molecular weight is 181 g/mol. The summed E-state index contributed by atoms with van der Waals surface area (Å²) in [6.07, 6.45) is 12.5. The molecule has 0 heterocycles. The van der Waals surface area contributed by atoms with Crippen LogP contribution in [0.25, 0.3) is 0 Å². The predicted octanol–water partition coefficient (Wildman–Crippen LogP) is 4.75. The summed E-state index contributed by atoms with van der Waals surface area (Å²) in [6.45, 7) is 9.94. The molecule has 0 bridgehead atoms. The molecule has 1 atom stereocenters. The molecule has 1 unspecified atom stereocenters. The van der Waals surface area contributed by atoms with Crippen LogP contribution in [0, 0.1) is 12.5 Å². The molecule has 0 aliphatic heterocycles. The molecule has 0 saturated heterocycles. The van der Waals surface area contributed by atoms with Crippen molar-refractivity contribution in [1.82, 2.24) is 0 Å². The first-order valence-corrected chi connectivity index (χ1v) is 5.88. The smallest absolute Gasteiger partial charge is 0.0345 e. The van der Waals surface area contributed by atoms with Crippen LogP contribution in [0.4, 0.5) is 0 Å². The Morgan fingerprint density at radius 1 is 1.08 bits per heavy atom. The quantitative estimate of drug-likeness (QED) is 0.450. The van der Waals surface area contributed by atoms with E-state index in [2.05, 4.69) is 13.8 Å². The normalized spacial score (nSPS) is 12.8. The lowest BCUT2D eigenvalue weighted by atomic mass is 9.94. The van der Waals surface area contributed by atoms with E-state index >= 15 is 0 Å². The predicted molar refractivity (Wildman–Crippen MR) is 60.6 cm³/mol. The van der Waals surface area contributed by atoms with Gasteiger partial charge in [-0.25, -0.2) is 0 Å². The molecule has 0 heteroatoms. The van der Waals surface area contributed by atoms with Gasteiger partial charge in [0, 0.05) is 0 Å². The SMILES string of the molecule is [CH]=CCCC(CC)CCCCCC. The van der Waals surface area contributed by atoms with Gasteiger partial charge in [-0.15, -0.1) is 0 Å². The fraction of sp³-hybridized carbons (Fsp3) is 0.846. The van der Waals surface area contributed by atoms with Crippen molar-refractivity contribution in [1.29, 1.82) is 0 Å². The lowest BCUT2D eigenvalue weighted by Gasteiger charge is -2.12. The van der Waals surface area contributed by atoms with Crippen molar-refractivity contribution < 1.29 is 0 Å². The average Bonchev–Trinajstić information content (AvgIpc) is 2.17. The summed E-state index contributed by atoms with van der Waals surface area (Å²) < 4.78 is 0. The number of allylic oxidation sites excluding steroid dienone is 1. The minimum Gasteiger partial charge on any atom is -0.0845 e. The fourth-order valence-corrected chi connectivity index (χ4v) is 1.74. The van der Waals surface area contributed by atoms with Gasteiger partial charge < -0.3 is 0 Å². The van der Waals surface area contributed by atoms with Crippen LogP contribution in [0.1, 0.15) is 65.2 Å². The summed E-state index contributed by atoms with van der Waals surface area (Å²) in [4.78, 5) is 0. The van der Waals surface area contributed by atoms with Crippen molar-refractivity contribution in [2.24, 2.45) is 5.92 Å². The highest BCUT2D eigenvalue weighted by molar-refractivity contribution is 4.67. The summed E-state index contributed by atoms with van der Waals surface area (Å²) in [5.74, 6) is 0.914. The fourth-order valence-electron chi connectivity index (χ4n) is 1.74. The van der Waals surface area contributed by atoms with Gasteiger partial charge in [0.25, 0.3) is 0 Å². The van der Waals surface area contributed by atoms with E-state index in [1.54, 1.807) is 6.08 Å². The molecule has 0 aliphatic rings. The molecular formula is C13H25. The summed E-state index contributed by atoms with van der Waals surface area (Å²) in [5.41, 5.74) is 0.